The first-order valence-corrected chi connectivity index (χ1v) is 12.4. The standard InChI is InChI=1S/C30H34O6/c1-3-25-26(33-19-22-13-7-4-8-14-22)27(34-20-23-15-9-5-10-16-23)28(29(36-25)30(31)32-2)35-21-24-17-11-6-12-18-24/h4-18,25-29H,3,19-21H2,1-2H3/t25-,26-,27+,28-,29?/m1/s1. The second-order valence-corrected chi connectivity index (χ2v) is 8.81. The van der Waals surface area contributed by atoms with Crippen LogP contribution in [0.4, 0.5) is 0 Å². The summed E-state index contributed by atoms with van der Waals surface area (Å²) in [6.45, 7) is 3.06. The molecule has 0 N–H and O–H groups in total. The topological polar surface area (TPSA) is 63.2 Å². The molecule has 190 valence electrons. The zero-order valence-electron chi connectivity index (χ0n) is 20.8. The van der Waals surface area contributed by atoms with Gasteiger partial charge in [0.15, 0.2) is 6.10 Å². The molecule has 3 aromatic rings. The first-order chi connectivity index (χ1) is 17.7. The molecule has 0 saturated carbocycles. The Balaban J connectivity index is 1.61. The van der Waals surface area contributed by atoms with E-state index in [2.05, 4.69) is 0 Å². The molecule has 0 spiro atoms. The number of ether oxygens (including phenoxy) is 5. The summed E-state index contributed by atoms with van der Waals surface area (Å²) in [5.74, 6) is -0.485. The van der Waals surface area contributed by atoms with E-state index >= 15 is 0 Å². The second-order valence-electron chi connectivity index (χ2n) is 8.81. The van der Waals surface area contributed by atoms with Gasteiger partial charge in [-0.05, 0) is 23.1 Å². The maximum Gasteiger partial charge on any atom is 0.337 e. The maximum atomic E-state index is 12.8. The van der Waals surface area contributed by atoms with Crippen molar-refractivity contribution in [1.29, 1.82) is 0 Å². The Bertz CT molecular complexity index is 1040. The Morgan fingerprint density at radius 1 is 0.667 bits per heavy atom. The largest absolute Gasteiger partial charge is 0.467 e. The van der Waals surface area contributed by atoms with E-state index in [1.54, 1.807) is 0 Å². The molecule has 1 aliphatic rings. The molecule has 3 aromatic carbocycles. The van der Waals surface area contributed by atoms with Crippen LogP contribution in [-0.4, -0.2) is 43.6 Å². The number of rotatable bonds is 11. The van der Waals surface area contributed by atoms with Crippen molar-refractivity contribution in [2.24, 2.45) is 0 Å². The summed E-state index contributed by atoms with van der Waals surface area (Å²) in [5.41, 5.74) is 3.06. The highest BCUT2D eigenvalue weighted by molar-refractivity contribution is 5.75. The number of benzene rings is 3. The fraction of sp³-hybridized carbons (Fsp3) is 0.367. The van der Waals surface area contributed by atoms with Gasteiger partial charge in [-0.3, -0.25) is 0 Å². The number of methoxy groups -OCH3 is 1. The smallest absolute Gasteiger partial charge is 0.337 e. The van der Waals surface area contributed by atoms with Crippen LogP contribution in [-0.2, 0) is 48.3 Å². The zero-order valence-corrected chi connectivity index (χ0v) is 20.8. The highest BCUT2D eigenvalue weighted by Crippen LogP contribution is 2.32. The van der Waals surface area contributed by atoms with Crippen molar-refractivity contribution in [3.8, 4) is 0 Å². The third kappa shape index (κ3) is 6.80. The van der Waals surface area contributed by atoms with E-state index in [-0.39, 0.29) is 6.10 Å². The first kappa shape index (κ1) is 26.0. The van der Waals surface area contributed by atoms with Crippen LogP contribution in [0.25, 0.3) is 0 Å². The third-order valence-corrected chi connectivity index (χ3v) is 6.33. The number of carbonyl (C=O) groups is 1. The lowest BCUT2D eigenvalue weighted by molar-refractivity contribution is -0.265. The SMILES string of the molecule is CC[C@H]1OC(C(=O)OC)[C@H](OCc2ccccc2)[C@@H](OCc2ccccc2)[C@@H]1OCc1ccccc1. The predicted octanol–water partition coefficient (Wildman–Crippen LogP) is 5.09. The van der Waals surface area contributed by atoms with Gasteiger partial charge >= 0.3 is 5.97 Å². The van der Waals surface area contributed by atoms with Crippen LogP contribution >= 0.6 is 0 Å². The maximum absolute atomic E-state index is 12.8. The van der Waals surface area contributed by atoms with E-state index in [1.807, 2.05) is 97.9 Å². The normalized spacial score (nSPS) is 23.8. The van der Waals surface area contributed by atoms with Gasteiger partial charge in [-0.2, -0.15) is 0 Å². The molecule has 1 aliphatic heterocycles. The first-order valence-electron chi connectivity index (χ1n) is 12.4. The van der Waals surface area contributed by atoms with Crippen LogP contribution in [0.2, 0.25) is 0 Å². The molecule has 0 amide bonds. The van der Waals surface area contributed by atoms with E-state index in [4.69, 9.17) is 23.7 Å². The fourth-order valence-electron chi connectivity index (χ4n) is 4.42. The monoisotopic (exact) mass is 490 g/mol. The van der Waals surface area contributed by atoms with Crippen LogP contribution in [0.15, 0.2) is 91.0 Å². The average molecular weight is 491 g/mol. The highest BCUT2D eigenvalue weighted by atomic mass is 16.6. The van der Waals surface area contributed by atoms with Crippen LogP contribution in [0, 0.1) is 0 Å². The van der Waals surface area contributed by atoms with Crippen LogP contribution in [0.5, 0.6) is 0 Å². The molecule has 0 radical (unpaired) electrons. The molecule has 0 aromatic heterocycles. The average Bonchev–Trinajstić information content (AvgIpc) is 2.94. The minimum Gasteiger partial charge on any atom is -0.467 e. The van der Waals surface area contributed by atoms with Crippen molar-refractivity contribution < 1.29 is 28.5 Å². The Morgan fingerprint density at radius 2 is 1.08 bits per heavy atom. The lowest BCUT2D eigenvalue weighted by atomic mass is 9.92. The van der Waals surface area contributed by atoms with Crippen molar-refractivity contribution in [1.82, 2.24) is 0 Å². The van der Waals surface area contributed by atoms with Gasteiger partial charge in [0.1, 0.15) is 18.3 Å². The summed E-state index contributed by atoms with van der Waals surface area (Å²) in [5, 5.41) is 0. The van der Waals surface area contributed by atoms with Gasteiger partial charge in [0, 0.05) is 0 Å². The van der Waals surface area contributed by atoms with E-state index < -0.39 is 30.4 Å². The van der Waals surface area contributed by atoms with Gasteiger partial charge in [0.05, 0.1) is 33.0 Å². The van der Waals surface area contributed by atoms with Gasteiger partial charge in [-0.25, -0.2) is 4.79 Å². The van der Waals surface area contributed by atoms with E-state index in [0.717, 1.165) is 16.7 Å². The van der Waals surface area contributed by atoms with Gasteiger partial charge in [0.25, 0.3) is 0 Å². The molecule has 4 rings (SSSR count). The Kier molecular flexibility index (Phi) is 9.64. The molecular weight excluding hydrogens is 456 g/mol. The quantitative estimate of drug-likeness (QED) is 0.349. The third-order valence-electron chi connectivity index (χ3n) is 6.33. The van der Waals surface area contributed by atoms with Gasteiger partial charge in [-0.15, -0.1) is 0 Å². The summed E-state index contributed by atoms with van der Waals surface area (Å²) in [7, 11) is 1.36. The molecule has 6 heteroatoms. The minimum atomic E-state index is -0.930. The fourth-order valence-corrected chi connectivity index (χ4v) is 4.42. The van der Waals surface area contributed by atoms with E-state index in [9.17, 15) is 4.79 Å². The molecule has 1 unspecified atom stereocenters. The second kappa shape index (κ2) is 13.3. The van der Waals surface area contributed by atoms with Crippen LogP contribution in [0.1, 0.15) is 30.0 Å². The molecule has 0 aliphatic carbocycles. The molecule has 1 fully saturated rings. The molecule has 0 bridgehead atoms. The van der Waals surface area contributed by atoms with Crippen LogP contribution in [0.3, 0.4) is 0 Å². The molecule has 1 heterocycles. The number of hydrogen-bond donors (Lipinski definition) is 0. The van der Waals surface area contributed by atoms with Gasteiger partial charge in [-0.1, -0.05) is 97.9 Å². The lowest BCUT2D eigenvalue weighted by Crippen LogP contribution is -2.62. The number of esters is 1. The van der Waals surface area contributed by atoms with Gasteiger partial charge < -0.3 is 23.7 Å². The summed E-state index contributed by atoms with van der Waals surface area (Å²) in [4.78, 5) is 12.8. The van der Waals surface area contributed by atoms with Crippen molar-refractivity contribution in [2.45, 2.75) is 63.7 Å². The molecule has 5 atom stereocenters. The number of carbonyl (C=O) groups excluding carboxylic acids is 1. The molecule has 36 heavy (non-hydrogen) atoms. The summed E-state index contributed by atoms with van der Waals surface area (Å²) in [6.07, 6.45) is -2.37. The number of hydrogen-bond acceptors (Lipinski definition) is 6. The lowest BCUT2D eigenvalue weighted by Gasteiger charge is -2.45. The Labute approximate surface area is 213 Å². The van der Waals surface area contributed by atoms with Crippen LogP contribution < -0.4 is 0 Å². The highest BCUT2D eigenvalue weighted by Gasteiger charge is 2.50. The van der Waals surface area contributed by atoms with Crippen molar-refractivity contribution in [2.75, 3.05) is 7.11 Å². The van der Waals surface area contributed by atoms with Gasteiger partial charge in [0.2, 0.25) is 0 Å². The summed E-state index contributed by atoms with van der Waals surface area (Å²) < 4.78 is 30.6. The molecule has 1 saturated heterocycles. The molecule has 6 nitrogen and oxygen atoms in total. The zero-order chi connectivity index (χ0) is 25.2. The summed E-state index contributed by atoms with van der Waals surface area (Å²) in [6, 6.07) is 29.7. The minimum absolute atomic E-state index is 0.301. The van der Waals surface area contributed by atoms with Crippen molar-refractivity contribution in [3.05, 3.63) is 108 Å². The van der Waals surface area contributed by atoms with Crippen molar-refractivity contribution in [3.63, 3.8) is 0 Å². The summed E-state index contributed by atoms with van der Waals surface area (Å²) >= 11 is 0. The van der Waals surface area contributed by atoms with E-state index in [0.29, 0.717) is 26.2 Å². The predicted molar refractivity (Wildman–Crippen MR) is 136 cm³/mol. The van der Waals surface area contributed by atoms with Crippen molar-refractivity contribution >= 4 is 5.97 Å². The Hall–Kier alpha value is -3.03. The Morgan fingerprint density at radius 3 is 1.50 bits per heavy atom. The molecular formula is C30H34O6. The van der Waals surface area contributed by atoms with E-state index in [1.165, 1.54) is 7.11 Å².